The molecular formula is C24H29N5O3S. The summed E-state index contributed by atoms with van der Waals surface area (Å²) in [6.45, 7) is 4.02. The SMILES string of the molecule is CSc1cc(-c2cnc(N)c(C(=O)NC3CCOCC3)n2)cc2c1C(=O)N(C(C)C1CC1)C2. The number of ether oxygens (including phenoxy) is 1. The highest BCUT2D eigenvalue weighted by atomic mass is 32.2. The second kappa shape index (κ2) is 8.95. The number of rotatable bonds is 6. The topological polar surface area (TPSA) is 110 Å². The Morgan fingerprint density at radius 2 is 2.03 bits per heavy atom. The third-order valence-electron chi connectivity index (χ3n) is 6.88. The number of fused-ring (bicyclic) bond motifs is 1. The highest BCUT2D eigenvalue weighted by Crippen LogP contribution is 2.41. The second-order valence-corrected chi connectivity index (χ2v) is 9.92. The van der Waals surface area contributed by atoms with Crippen LogP contribution in [0.25, 0.3) is 11.3 Å². The van der Waals surface area contributed by atoms with Crippen molar-refractivity contribution in [2.75, 3.05) is 25.2 Å². The highest BCUT2D eigenvalue weighted by molar-refractivity contribution is 7.98. The van der Waals surface area contributed by atoms with Gasteiger partial charge in [0, 0.05) is 42.3 Å². The average Bonchev–Trinajstić information content (AvgIpc) is 3.62. The lowest BCUT2D eigenvalue weighted by Gasteiger charge is -2.24. The van der Waals surface area contributed by atoms with Crippen LogP contribution in [0.4, 0.5) is 5.82 Å². The second-order valence-electron chi connectivity index (χ2n) is 9.07. The van der Waals surface area contributed by atoms with Crippen molar-refractivity contribution in [1.82, 2.24) is 20.2 Å². The van der Waals surface area contributed by atoms with E-state index in [9.17, 15) is 9.59 Å². The molecule has 1 atom stereocenters. The molecular weight excluding hydrogens is 438 g/mol. The first kappa shape index (κ1) is 22.2. The van der Waals surface area contributed by atoms with Gasteiger partial charge in [-0.1, -0.05) is 0 Å². The Kier molecular flexibility index (Phi) is 6.01. The lowest BCUT2D eigenvalue weighted by molar-refractivity contribution is 0.0687. The summed E-state index contributed by atoms with van der Waals surface area (Å²) in [5, 5.41) is 3.00. The number of amides is 2. The maximum absolute atomic E-state index is 13.2. The summed E-state index contributed by atoms with van der Waals surface area (Å²) in [6, 6.07) is 4.27. The number of nitrogens with one attached hydrogen (secondary N) is 1. The maximum Gasteiger partial charge on any atom is 0.273 e. The van der Waals surface area contributed by atoms with Gasteiger partial charge in [0.05, 0.1) is 17.5 Å². The van der Waals surface area contributed by atoms with Gasteiger partial charge in [0.2, 0.25) is 0 Å². The molecule has 9 heteroatoms. The van der Waals surface area contributed by atoms with Crippen molar-refractivity contribution in [3.63, 3.8) is 0 Å². The molecule has 1 aromatic carbocycles. The van der Waals surface area contributed by atoms with E-state index in [1.54, 1.807) is 18.0 Å². The summed E-state index contributed by atoms with van der Waals surface area (Å²) in [7, 11) is 0. The van der Waals surface area contributed by atoms with Crippen molar-refractivity contribution in [2.24, 2.45) is 5.92 Å². The molecule has 2 aromatic rings. The van der Waals surface area contributed by atoms with E-state index in [-0.39, 0.29) is 35.4 Å². The summed E-state index contributed by atoms with van der Waals surface area (Å²) in [4.78, 5) is 37.8. The minimum absolute atomic E-state index is 0.0460. The van der Waals surface area contributed by atoms with Crippen molar-refractivity contribution < 1.29 is 14.3 Å². The molecule has 3 aliphatic rings. The Morgan fingerprint density at radius 1 is 1.27 bits per heavy atom. The molecule has 1 aromatic heterocycles. The number of hydrogen-bond acceptors (Lipinski definition) is 7. The first-order valence-electron chi connectivity index (χ1n) is 11.5. The minimum atomic E-state index is -0.320. The molecule has 3 heterocycles. The minimum Gasteiger partial charge on any atom is -0.382 e. The molecule has 174 valence electrons. The van der Waals surface area contributed by atoms with Crippen LogP contribution in [-0.4, -0.2) is 58.2 Å². The van der Waals surface area contributed by atoms with Crippen molar-refractivity contribution in [3.8, 4) is 11.3 Å². The summed E-state index contributed by atoms with van der Waals surface area (Å²) >= 11 is 1.55. The Bertz CT molecular complexity index is 1100. The van der Waals surface area contributed by atoms with Gasteiger partial charge in [0.15, 0.2) is 11.5 Å². The average molecular weight is 468 g/mol. The number of hydrogen-bond donors (Lipinski definition) is 2. The normalized spacial score (nSPS) is 19.5. The fourth-order valence-corrected chi connectivity index (χ4v) is 5.38. The lowest BCUT2D eigenvalue weighted by Crippen LogP contribution is -2.39. The largest absolute Gasteiger partial charge is 0.382 e. The van der Waals surface area contributed by atoms with Gasteiger partial charge in [-0.25, -0.2) is 9.97 Å². The standard InChI is InChI=1S/C24H29N5O3S/c1-13(14-3-4-14)29-12-16-9-15(10-19(33-2)20(16)24(29)31)18-11-26-22(25)21(28-18)23(30)27-17-5-7-32-8-6-17/h9-11,13-14,17H,3-8,12H2,1-2H3,(H2,25,26)(H,27,30). The van der Waals surface area contributed by atoms with Gasteiger partial charge >= 0.3 is 0 Å². The van der Waals surface area contributed by atoms with E-state index in [0.29, 0.717) is 31.4 Å². The molecule has 2 aliphatic heterocycles. The number of carbonyl (C=O) groups excluding carboxylic acids is 2. The zero-order valence-electron chi connectivity index (χ0n) is 19.0. The van der Waals surface area contributed by atoms with Crippen LogP contribution >= 0.6 is 11.8 Å². The van der Waals surface area contributed by atoms with Crippen molar-refractivity contribution >= 4 is 29.4 Å². The molecule has 0 radical (unpaired) electrons. The first-order chi connectivity index (χ1) is 16.0. The van der Waals surface area contributed by atoms with Gasteiger partial charge in [0.25, 0.3) is 11.8 Å². The maximum atomic E-state index is 13.2. The van der Waals surface area contributed by atoms with Crippen LogP contribution in [0.5, 0.6) is 0 Å². The molecule has 1 saturated heterocycles. The van der Waals surface area contributed by atoms with Gasteiger partial charge in [-0.15, -0.1) is 11.8 Å². The Morgan fingerprint density at radius 3 is 2.73 bits per heavy atom. The van der Waals surface area contributed by atoms with Gasteiger partial charge in [-0.2, -0.15) is 0 Å². The number of benzene rings is 1. The van der Waals surface area contributed by atoms with E-state index in [1.165, 1.54) is 12.8 Å². The van der Waals surface area contributed by atoms with E-state index >= 15 is 0 Å². The number of aromatic nitrogens is 2. The first-order valence-corrected chi connectivity index (χ1v) is 12.7. The van der Waals surface area contributed by atoms with Crippen molar-refractivity contribution in [2.45, 2.75) is 56.1 Å². The summed E-state index contributed by atoms with van der Waals surface area (Å²) in [5.74, 6) is 0.509. The van der Waals surface area contributed by atoms with E-state index < -0.39 is 0 Å². The third-order valence-corrected chi connectivity index (χ3v) is 7.64. The van der Waals surface area contributed by atoms with E-state index in [0.717, 1.165) is 34.4 Å². The van der Waals surface area contributed by atoms with Gasteiger partial charge < -0.3 is 20.7 Å². The zero-order valence-corrected chi connectivity index (χ0v) is 19.8. The molecule has 5 rings (SSSR count). The predicted octanol–water partition coefficient (Wildman–Crippen LogP) is 3.11. The molecule has 2 fully saturated rings. The van der Waals surface area contributed by atoms with E-state index in [1.807, 2.05) is 23.3 Å². The van der Waals surface area contributed by atoms with Gasteiger partial charge in [-0.05, 0) is 62.5 Å². The molecule has 1 unspecified atom stereocenters. The number of nitrogens with zero attached hydrogens (tertiary/aromatic N) is 3. The zero-order chi connectivity index (χ0) is 23.1. The number of nitrogens with two attached hydrogens (primary N) is 1. The van der Waals surface area contributed by atoms with Crippen LogP contribution < -0.4 is 11.1 Å². The lowest BCUT2D eigenvalue weighted by atomic mass is 10.0. The van der Waals surface area contributed by atoms with Crippen LogP contribution in [0.3, 0.4) is 0 Å². The highest BCUT2D eigenvalue weighted by Gasteiger charge is 2.39. The van der Waals surface area contributed by atoms with E-state index in [2.05, 4.69) is 22.2 Å². The van der Waals surface area contributed by atoms with Crippen molar-refractivity contribution in [1.29, 1.82) is 0 Å². The molecule has 0 bridgehead atoms. The molecule has 2 amide bonds. The number of carbonyl (C=O) groups is 2. The van der Waals surface area contributed by atoms with Crippen LogP contribution in [0.2, 0.25) is 0 Å². The smallest absolute Gasteiger partial charge is 0.273 e. The summed E-state index contributed by atoms with van der Waals surface area (Å²) < 4.78 is 5.36. The van der Waals surface area contributed by atoms with Crippen molar-refractivity contribution in [3.05, 3.63) is 35.2 Å². The summed E-state index contributed by atoms with van der Waals surface area (Å²) in [5.41, 5.74) is 9.33. The predicted molar refractivity (Wildman–Crippen MR) is 127 cm³/mol. The number of thioether (sulfide) groups is 1. The quantitative estimate of drug-likeness (QED) is 0.628. The fourth-order valence-electron chi connectivity index (χ4n) is 4.71. The fraction of sp³-hybridized carbons (Fsp3) is 0.500. The molecule has 3 N–H and O–H groups in total. The molecule has 8 nitrogen and oxygen atoms in total. The molecule has 1 aliphatic carbocycles. The van der Waals surface area contributed by atoms with Gasteiger partial charge in [-0.3, -0.25) is 9.59 Å². The van der Waals surface area contributed by atoms with Gasteiger partial charge in [0.1, 0.15) is 0 Å². The Labute approximate surface area is 197 Å². The van der Waals surface area contributed by atoms with Crippen LogP contribution in [0.1, 0.15) is 59.0 Å². The van der Waals surface area contributed by atoms with E-state index in [4.69, 9.17) is 10.5 Å². The Balaban J connectivity index is 1.44. The summed E-state index contributed by atoms with van der Waals surface area (Å²) in [6.07, 6.45) is 7.49. The molecule has 33 heavy (non-hydrogen) atoms. The monoisotopic (exact) mass is 467 g/mol. The number of nitrogen functional groups attached to an aromatic ring is 1. The number of anilines is 1. The van der Waals surface area contributed by atoms with Crippen LogP contribution in [0.15, 0.2) is 23.2 Å². The molecule has 0 spiro atoms. The molecule has 1 saturated carbocycles. The third kappa shape index (κ3) is 4.31. The van der Waals surface area contributed by atoms with Crippen LogP contribution in [0, 0.1) is 5.92 Å². The Hall–Kier alpha value is -2.65. The van der Waals surface area contributed by atoms with Crippen LogP contribution in [-0.2, 0) is 11.3 Å².